The van der Waals surface area contributed by atoms with Gasteiger partial charge < -0.3 is 0 Å². The summed E-state index contributed by atoms with van der Waals surface area (Å²) in [7, 11) is 0. The predicted octanol–water partition coefficient (Wildman–Crippen LogP) is 2.50. The second kappa shape index (κ2) is 2.73. The van der Waals surface area contributed by atoms with Crippen molar-refractivity contribution in [2.45, 2.75) is 43.6 Å². The van der Waals surface area contributed by atoms with Crippen LogP contribution < -0.4 is 0 Å². The zero-order valence-corrected chi connectivity index (χ0v) is 10.00. The summed E-state index contributed by atoms with van der Waals surface area (Å²) in [6.45, 7) is 6.00. The van der Waals surface area contributed by atoms with Gasteiger partial charge in [0.15, 0.2) is 0 Å². The van der Waals surface area contributed by atoms with Crippen molar-refractivity contribution in [3.05, 3.63) is 0 Å². The van der Waals surface area contributed by atoms with Gasteiger partial charge in [0.2, 0.25) is 0 Å². The van der Waals surface area contributed by atoms with Crippen LogP contribution in [0.1, 0.15) is 26.7 Å². The smallest absolute Gasteiger partial charge is 0.0307 e. The van der Waals surface area contributed by atoms with E-state index >= 15 is 0 Å². The topological polar surface area (TPSA) is 3.24 Å². The minimum Gasteiger partial charge on any atom is -0.295 e. The van der Waals surface area contributed by atoms with Gasteiger partial charge in [-0.3, -0.25) is 4.90 Å². The second-order valence-electron chi connectivity index (χ2n) is 5.46. The van der Waals surface area contributed by atoms with E-state index in [1.807, 2.05) is 0 Å². The number of hydrogen-bond acceptors (Lipinski definition) is 1. The largest absolute Gasteiger partial charge is 0.295 e. The van der Waals surface area contributed by atoms with E-state index in [2.05, 4.69) is 34.7 Å². The highest BCUT2D eigenvalue weighted by atomic mass is 79.9. The van der Waals surface area contributed by atoms with Crippen LogP contribution in [0.25, 0.3) is 0 Å². The van der Waals surface area contributed by atoms with Crippen molar-refractivity contribution >= 4 is 15.9 Å². The van der Waals surface area contributed by atoms with Gasteiger partial charge in [-0.15, -0.1) is 0 Å². The van der Waals surface area contributed by atoms with Crippen LogP contribution in [0.4, 0.5) is 0 Å². The first-order valence-electron chi connectivity index (χ1n) is 5.58. The molecule has 2 saturated carbocycles. The lowest BCUT2D eigenvalue weighted by molar-refractivity contribution is 0.117. The maximum atomic E-state index is 3.85. The standard InChI is InChI=1S/C11H18BrN/c1-6(2)5-13-10-4-8-7(10)3-9(12)11(8)13/h6-11H,3-5H2,1-2H3/t7?,8?,9-,10?,11?/m1/s1. The molecule has 2 heterocycles. The van der Waals surface area contributed by atoms with Crippen LogP contribution in [-0.4, -0.2) is 28.4 Å². The maximum absolute atomic E-state index is 3.85. The van der Waals surface area contributed by atoms with Gasteiger partial charge in [-0.2, -0.15) is 0 Å². The normalized spacial score (nSPS) is 53.1. The molecule has 4 rings (SSSR count). The number of piperidine rings is 1. The van der Waals surface area contributed by atoms with Gasteiger partial charge in [0, 0.05) is 23.5 Å². The first-order valence-corrected chi connectivity index (χ1v) is 6.50. The van der Waals surface area contributed by atoms with E-state index in [-0.39, 0.29) is 0 Å². The Hall–Kier alpha value is 0.440. The predicted molar refractivity (Wildman–Crippen MR) is 58.0 cm³/mol. The molecule has 2 aliphatic carbocycles. The van der Waals surface area contributed by atoms with E-state index in [1.54, 1.807) is 0 Å². The van der Waals surface area contributed by atoms with Crippen molar-refractivity contribution in [3.8, 4) is 0 Å². The summed E-state index contributed by atoms with van der Waals surface area (Å²) in [6, 6.07) is 1.88. The minimum atomic E-state index is 0.806. The monoisotopic (exact) mass is 243 g/mol. The Labute approximate surface area is 89.0 Å². The molecule has 74 valence electrons. The molecule has 0 N–H and O–H groups in total. The molecule has 0 spiro atoms. The highest BCUT2D eigenvalue weighted by molar-refractivity contribution is 9.09. The third-order valence-corrected chi connectivity index (χ3v) is 5.16. The third kappa shape index (κ3) is 1.02. The molecule has 0 radical (unpaired) electrons. The zero-order chi connectivity index (χ0) is 9.16. The van der Waals surface area contributed by atoms with Crippen molar-refractivity contribution in [2.75, 3.05) is 6.54 Å². The lowest BCUT2D eigenvalue weighted by Gasteiger charge is -2.39. The number of rotatable bonds is 2. The molecule has 0 amide bonds. The van der Waals surface area contributed by atoms with Gasteiger partial charge in [0.05, 0.1) is 0 Å². The highest BCUT2D eigenvalue weighted by Crippen LogP contribution is 2.60. The Morgan fingerprint density at radius 3 is 2.69 bits per heavy atom. The Kier molecular flexibility index (Phi) is 1.83. The van der Waals surface area contributed by atoms with Gasteiger partial charge >= 0.3 is 0 Å². The Morgan fingerprint density at radius 1 is 1.31 bits per heavy atom. The molecule has 0 aromatic carbocycles. The summed E-state index contributed by atoms with van der Waals surface area (Å²) in [5.74, 6) is 2.96. The van der Waals surface area contributed by atoms with Crippen LogP contribution in [0.2, 0.25) is 0 Å². The van der Waals surface area contributed by atoms with Crippen molar-refractivity contribution in [1.29, 1.82) is 0 Å². The van der Waals surface area contributed by atoms with E-state index < -0.39 is 0 Å². The number of nitrogens with zero attached hydrogens (tertiary/aromatic N) is 1. The maximum Gasteiger partial charge on any atom is 0.0307 e. The van der Waals surface area contributed by atoms with Crippen molar-refractivity contribution in [2.24, 2.45) is 17.8 Å². The number of alkyl halides is 1. The molecule has 4 aliphatic rings. The van der Waals surface area contributed by atoms with Crippen LogP contribution >= 0.6 is 15.9 Å². The lowest BCUT2D eigenvalue weighted by atomic mass is 9.75. The fourth-order valence-corrected chi connectivity index (χ4v) is 4.97. The van der Waals surface area contributed by atoms with Crippen LogP contribution in [0.5, 0.6) is 0 Å². The van der Waals surface area contributed by atoms with Gasteiger partial charge in [0.1, 0.15) is 0 Å². The molecule has 2 saturated heterocycles. The fraction of sp³-hybridized carbons (Fsp3) is 1.00. The zero-order valence-electron chi connectivity index (χ0n) is 8.41. The van der Waals surface area contributed by atoms with Crippen LogP contribution in [-0.2, 0) is 0 Å². The van der Waals surface area contributed by atoms with E-state index in [4.69, 9.17) is 0 Å². The summed E-state index contributed by atoms with van der Waals surface area (Å²) < 4.78 is 0. The molecule has 4 unspecified atom stereocenters. The quantitative estimate of drug-likeness (QED) is 0.674. The average Bonchev–Trinajstić information content (AvgIpc) is 2.54. The third-order valence-electron chi connectivity index (χ3n) is 4.25. The molecular formula is C11H18BrN. The summed E-state index contributed by atoms with van der Waals surface area (Å²) in [6.07, 6.45) is 2.96. The van der Waals surface area contributed by atoms with Crippen LogP contribution in [0.15, 0.2) is 0 Å². The molecule has 4 fully saturated rings. The number of hydrogen-bond donors (Lipinski definition) is 0. The molecule has 1 nitrogen and oxygen atoms in total. The lowest BCUT2D eigenvalue weighted by Crippen LogP contribution is -2.45. The molecule has 4 bridgehead atoms. The van der Waals surface area contributed by atoms with Crippen LogP contribution in [0, 0.1) is 17.8 Å². The van der Waals surface area contributed by atoms with Crippen molar-refractivity contribution in [3.63, 3.8) is 0 Å². The van der Waals surface area contributed by atoms with Gasteiger partial charge in [0.25, 0.3) is 0 Å². The molecule has 2 heteroatoms. The molecular weight excluding hydrogens is 226 g/mol. The average molecular weight is 244 g/mol. The molecule has 0 aromatic heterocycles. The Balaban J connectivity index is 1.77. The molecule has 5 atom stereocenters. The Bertz CT molecular complexity index is 228. The van der Waals surface area contributed by atoms with Gasteiger partial charge in [-0.25, -0.2) is 0 Å². The summed E-state index contributed by atoms with van der Waals surface area (Å²) in [5, 5.41) is 0. The summed E-state index contributed by atoms with van der Waals surface area (Å²) in [4.78, 5) is 3.60. The van der Waals surface area contributed by atoms with Crippen molar-refractivity contribution in [1.82, 2.24) is 4.90 Å². The molecule has 0 aromatic rings. The van der Waals surface area contributed by atoms with E-state index in [0.717, 1.165) is 34.7 Å². The number of halogens is 1. The first-order chi connectivity index (χ1) is 6.18. The second-order valence-corrected chi connectivity index (χ2v) is 6.64. The fourth-order valence-electron chi connectivity index (χ4n) is 3.85. The Morgan fingerprint density at radius 2 is 2.08 bits per heavy atom. The molecule has 2 aliphatic heterocycles. The van der Waals surface area contributed by atoms with E-state index in [9.17, 15) is 0 Å². The minimum absolute atomic E-state index is 0.806. The summed E-state index contributed by atoms with van der Waals surface area (Å²) in [5.41, 5.74) is 0. The van der Waals surface area contributed by atoms with Crippen molar-refractivity contribution < 1.29 is 0 Å². The van der Waals surface area contributed by atoms with Gasteiger partial charge in [-0.1, -0.05) is 29.8 Å². The van der Waals surface area contributed by atoms with Gasteiger partial charge in [-0.05, 0) is 30.6 Å². The first kappa shape index (κ1) is 8.72. The summed E-state index contributed by atoms with van der Waals surface area (Å²) >= 11 is 3.85. The highest BCUT2D eigenvalue weighted by Gasteiger charge is 2.64. The van der Waals surface area contributed by atoms with E-state index in [0.29, 0.717) is 0 Å². The molecule has 13 heavy (non-hydrogen) atoms. The van der Waals surface area contributed by atoms with E-state index in [1.165, 1.54) is 19.4 Å². The van der Waals surface area contributed by atoms with Crippen LogP contribution in [0.3, 0.4) is 0 Å². The SMILES string of the molecule is CC(C)CN1C2CC3C2C[C@@H](Br)C31.